The third-order valence-corrected chi connectivity index (χ3v) is 11.9. The minimum atomic E-state index is -0.249. The van der Waals surface area contributed by atoms with Gasteiger partial charge in [0.1, 0.15) is 5.78 Å². The van der Waals surface area contributed by atoms with E-state index in [1.54, 1.807) is 0 Å². The van der Waals surface area contributed by atoms with Crippen LogP contribution < -0.4 is 0 Å². The topological polar surface area (TPSA) is 57.5 Å². The van der Waals surface area contributed by atoms with Crippen LogP contribution in [0, 0.1) is 40.4 Å². The molecule has 0 aliphatic heterocycles. The highest BCUT2D eigenvalue weighted by molar-refractivity contribution is 9.10. The Morgan fingerprint density at radius 1 is 1.14 bits per heavy atom. The van der Waals surface area contributed by atoms with Crippen molar-refractivity contribution in [3.63, 3.8) is 0 Å². The van der Waals surface area contributed by atoms with Gasteiger partial charge >= 0.3 is 0 Å². The number of aliphatic hydroxyl groups is 2. The highest BCUT2D eigenvalue weighted by Crippen LogP contribution is 2.71. The number of fused-ring (bicyclic) bond motifs is 5. The average Bonchev–Trinajstić information content (AvgIpc) is 2.99. The SMILES string of the molecule is CC[C@@H]1C[C@H]2[C@@H]3CC[C@@]4(Br)C[C@@H](O)CC[C@]4(CO)[C@H]3CC[C@]2(C)[C@H]1C(=O)CBr. The molecule has 5 heteroatoms. The smallest absolute Gasteiger partial charge is 0.147 e. The van der Waals surface area contributed by atoms with Crippen LogP contribution in [-0.4, -0.2) is 38.4 Å². The lowest BCUT2D eigenvalue weighted by Crippen LogP contribution is -2.63. The number of alkyl halides is 2. The van der Waals surface area contributed by atoms with E-state index in [1.807, 2.05) is 0 Å². The second-order valence-electron chi connectivity index (χ2n) is 10.6. The molecule has 0 saturated heterocycles. The molecule has 0 amide bonds. The van der Waals surface area contributed by atoms with Crippen LogP contribution in [0.25, 0.3) is 0 Å². The predicted octanol–water partition coefficient (Wildman–Crippen LogP) is 5.10. The summed E-state index contributed by atoms with van der Waals surface area (Å²) < 4.78 is -0.130. The van der Waals surface area contributed by atoms with Crippen molar-refractivity contribution in [2.75, 3.05) is 11.9 Å². The molecular formula is C23H36Br2O3. The highest BCUT2D eigenvalue weighted by Gasteiger charge is 2.67. The van der Waals surface area contributed by atoms with Crippen molar-refractivity contribution in [1.29, 1.82) is 0 Å². The van der Waals surface area contributed by atoms with Crippen LogP contribution in [0.1, 0.15) is 71.6 Å². The maximum absolute atomic E-state index is 12.9. The molecule has 0 unspecified atom stereocenters. The zero-order valence-electron chi connectivity index (χ0n) is 17.3. The molecular weight excluding hydrogens is 484 g/mol. The van der Waals surface area contributed by atoms with E-state index in [1.165, 1.54) is 6.42 Å². The molecule has 4 rings (SSSR count). The summed E-state index contributed by atoms with van der Waals surface area (Å²) in [5, 5.41) is 21.5. The van der Waals surface area contributed by atoms with Crippen molar-refractivity contribution in [3.05, 3.63) is 0 Å². The molecule has 0 aromatic rings. The van der Waals surface area contributed by atoms with Gasteiger partial charge in [0.05, 0.1) is 18.0 Å². The van der Waals surface area contributed by atoms with Crippen LogP contribution in [0.15, 0.2) is 0 Å². The average molecular weight is 520 g/mol. The lowest BCUT2D eigenvalue weighted by atomic mass is 9.44. The van der Waals surface area contributed by atoms with Crippen LogP contribution in [0.4, 0.5) is 0 Å². The molecule has 0 spiro atoms. The van der Waals surface area contributed by atoms with Crippen molar-refractivity contribution in [2.45, 2.75) is 82.1 Å². The summed E-state index contributed by atoms with van der Waals surface area (Å²) in [5.41, 5.74) is -0.000454. The Bertz CT molecular complexity index is 627. The highest BCUT2D eigenvalue weighted by atomic mass is 79.9. The van der Waals surface area contributed by atoms with Gasteiger partial charge in [0.2, 0.25) is 0 Å². The van der Waals surface area contributed by atoms with E-state index in [4.69, 9.17) is 0 Å². The number of ketones is 1. The molecule has 0 aromatic heterocycles. The maximum Gasteiger partial charge on any atom is 0.147 e. The number of carbonyl (C=O) groups is 1. The van der Waals surface area contributed by atoms with Crippen LogP contribution in [-0.2, 0) is 4.79 Å². The van der Waals surface area contributed by atoms with E-state index < -0.39 is 0 Å². The van der Waals surface area contributed by atoms with E-state index in [-0.39, 0.29) is 33.8 Å². The minimum absolute atomic E-state index is 0.115. The molecule has 0 bridgehead atoms. The normalized spacial score (nSPS) is 53.2. The van der Waals surface area contributed by atoms with Crippen molar-refractivity contribution < 1.29 is 15.0 Å². The third kappa shape index (κ3) is 2.88. The van der Waals surface area contributed by atoms with Gasteiger partial charge in [0.25, 0.3) is 0 Å². The Balaban J connectivity index is 1.69. The summed E-state index contributed by atoms with van der Waals surface area (Å²) in [6.45, 7) is 4.87. The number of carbonyl (C=O) groups excluding carboxylic acids is 1. The molecule has 0 heterocycles. The summed E-state index contributed by atoms with van der Waals surface area (Å²) in [6, 6.07) is 0. The first-order chi connectivity index (χ1) is 13.3. The largest absolute Gasteiger partial charge is 0.396 e. The van der Waals surface area contributed by atoms with Gasteiger partial charge in [0, 0.05) is 15.7 Å². The van der Waals surface area contributed by atoms with Gasteiger partial charge in [-0.2, -0.15) is 0 Å². The van der Waals surface area contributed by atoms with E-state index in [9.17, 15) is 15.0 Å². The number of hydrogen-bond donors (Lipinski definition) is 2. The number of Topliss-reactive ketones (excluding diaryl/α,β-unsaturated/α-hetero) is 1. The molecule has 4 aliphatic carbocycles. The predicted molar refractivity (Wildman–Crippen MR) is 119 cm³/mol. The first-order valence-corrected chi connectivity index (χ1v) is 13.2. The fourth-order valence-corrected chi connectivity index (χ4v) is 10.2. The van der Waals surface area contributed by atoms with E-state index >= 15 is 0 Å². The zero-order chi connectivity index (χ0) is 20.3. The zero-order valence-corrected chi connectivity index (χ0v) is 20.5. The molecule has 0 aromatic carbocycles. The van der Waals surface area contributed by atoms with Gasteiger partial charge < -0.3 is 10.2 Å². The van der Waals surface area contributed by atoms with Gasteiger partial charge in [-0.1, -0.05) is 52.1 Å². The number of halogens is 2. The van der Waals surface area contributed by atoms with Crippen molar-refractivity contribution in [1.82, 2.24) is 0 Å². The lowest BCUT2D eigenvalue weighted by molar-refractivity contribution is -0.145. The van der Waals surface area contributed by atoms with Crippen molar-refractivity contribution >= 4 is 37.6 Å². The Morgan fingerprint density at radius 2 is 1.89 bits per heavy atom. The fourth-order valence-electron chi connectivity index (χ4n) is 8.60. The van der Waals surface area contributed by atoms with E-state index in [2.05, 4.69) is 45.7 Å². The maximum atomic E-state index is 12.9. The van der Waals surface area contributed by atoms with Gasteiger partial charge in [-0.3, -0.25) is 4.79 Å². The third-order valence-electron chi connectivity index (χ3n) is 9.86. The quantitative estimate of drug-likeness (QED) is 0.508. The summed E-state index contributed by atoms with van der Waals surface area (Å²) >= 11 is 7.53. The molecule has 28 heavy (non-hydrogen) atoms. The standard InChI is InChI=1S/C23H36Br2O3/c1-3-14-10-18-16-5-9-23(25)11-15(27)4-8-22(23,13-26)17(16)6-7-21(18,2)20(14)19(28)12-24/h14-18,20,26-27H,3-13H2,1-2H3/t14-,15+,16-,17+,18+,20-,21+,22+,23-/m1/s1. The van der Waals surface area contributed by atoms with Crippen LogP contribution in [0.2, 0.25) is 0 Å². The summed E-state index contributed by atoms with van der Waals surface area (Å²) in [5.74, 6) is 2.81. The van der Waals surface area contributed by atoms with E-state index in [0.29, 0.717) is 34.8 Å². The second-order valence-corrected chi connectivity index (χ2v) is 12.7. The molecule has 4 saturated carbocycles. The Kier molecular flexibility index (Phi) is 5.91. The Hall–Kier alpha value is 0.550. The molecule has 9 atom stereocenters. The molecule has 2 N–H and O–H groups in total. The molecule has 4 aliphatic rings. The fraction of sp³-hybridized carbons (Fsp3) is 0.957. The van der Waals surface area contributed by atoms with Gasteiger partial charge in [-0.05, 0) is 80.5 Å². The molecule has 160 valence electrons. The Morgan fingerprint density at radius 3 is 2.54 bits per heavy atom. The molecule has 0 radical (unpaired) electrons. The van der Waals surface area contributed by atoms with E-state index in [0.717, 1.165) is 51.4 Å². The number of aliphatic hydroxyl groups excluding tert-OH is 2. The summed E-state index contributed by atoms with van der Waals surface area (Å²) in [7, 11) is 0. The van der Waals surface area contributed by atoms with Crippen LogP contribution >= 0.6 is 31.9 Å². The van der Waals surface area contributed by atoms with Gasteiger partial charge in [-0.25, -0.2) is 0 Å². The Labute approximate surface area is 186 Å². The summed E-state index contributed by atoms with van der Waals surface area (Å²) in [4.78, 5) is 12.9. The second kappa shape index (κ2) is 7.60. The minimum Gasteiger partial charge on any atom is -0.396 e. The number of rotatable bonds is 4. The van der Waals surface area contributed by atoms with Crippen LogP contribution in [0.5, 0.6) is 0 Å². The van der Waals surface area contributed by atoms with Gasteiger partial charge in [-0.15, -0.1) is 0 Å². The van der Waals surface area contributed by atoms with Crippen molar-refractivity contribution in [3.8, 4) is 0 Å². The lowest BCUT2D eigenvalue weighted by Gasteiger charge is -2.64. The van der Waals surface area contributed by atoms with Crippen molar-refractivity contribution in [2.24, 2.45) is 40.4 Å². The van der Waals surface area contributed by atoms with Crippen LogP contribution in [0.3, 0.4) is 0 Å². The summed E-state index contributed by atoms with van der Waals surface area (Å²) in [6.07, 6.45) is 8.92. The molecule has 4 fully saturated rings. The first kappa shape index (κ1) is 21.8. The monoisotopic (exact) mass is 518 g/mol. The molecule has 3 nitrogen and oxygen atoms in total. The van der Waals surface area contributed by atoms with Gasteiger partial charge in [0.15, 0.2) is 0 Å². The number of hydrogen-bond acceptors (Lipinski definition) is 3. The first-order valence-electron chi connectivity index (χ1n) is 11.3.